The van der Waals surface area contributed by atoms with Gasteiger partial charge in [0.15, 0.2) is 0 Å². The van der Waals surface area contributed by atoms with Gasteiger partial charge in [0.05, 0.1) is 6.10 Å². The summed E-state index contributed by atoms with van der Waals surface area (Å²) in [6, 6.07) is 0. The third-order valence-electron chi connectivity index (χ3n) is 11.1. The molecule has 2 heterocycles. The number of rotatable bonds is 4. The molecule has 4 fully saturated rings. The molecule has 3 heteroatoms. The molecule has 10 atom stereocenters. The molecule has 4 aliphatic carbocycles. The summed E-state index contributed by atoms with van der Waals surface area (Å²) in [6.07, 6.45) is 17.0. The minimum atomic E-state index is -0.439. The molecule has 0 radical (unpaired) electrons. The summed E-state index contributed by atoms with van der Waals surface area (Å²) in [7, 11) is 0. The summed E-state index contributed by atoms with van der Waals surface area (Å²) < 4.78 is 0. The molecule has 6 aliphatic rings. The molecule has 3 nitrogen and oxygen atoms in total. The van der Waals surface area contributed by atoms with Crippen molar-refractivity contribution in [3.63, 3.8) is 0 Å². The summed E-state index contributed by atoms with van der Waals surface area (Å²) in [5.74, 6) is 3.64. The maximum absolute atomic E-state index is 10.4. The molecule has 1 saturated heterocycles. The van der Waals surface area contributed by atoms with Crippen LogP contribution in [0.1, 0.15) is 86.5 Å². The molecule has 6 rings (SSSR count). The minimum absolute atomic E-state index is 0.0663. The van der Waals surface area contributed by atoms with Gasteiger partial charge in [0.25, 0.3) is 0 Å². The second-order valence-corrected chi connectivity index (χ2v) is 12.7. The average molecular weight is 429 g/mol. The Hall–Kier alpha value is -0.640. The Bertz CT molecular complexity index is 772. The van der Waals surface area contributed by atoms with Crippen LogP contribution in [0, 0.1) is 46.3 Å². The molecule has 0 aromatic heterocycles. The molecule has 2 bridgehead atoms. The fraction of sp³-hybridized carbons (Fsp3) is 0.857. The third-order valence-corrected chi connectivity index (χ3v) is 11.1. The fourth-order valence-electron chi connectivity index (χ4n) is 8.71. The van der Waals surface area contributed by atoms with Crippen molar-refractivity contribution in [2.24, 2.45) is 46.3 Å². The molecule has 2 unspecified atom stereocenters. The van der Waals surface area contributed by atoms with Crippen LogP contribution in [0.5, 0.6) is 0 Å². The smallest absolute Gasteiger partial charge is 0.130 e. The molecule has 3 saturated carbocycles. The van der Waals surface area contributed by atoms with E-state index in [0.717, 1.165) is 12.8 Å². The van der Waals surface area contributed by atoms with Gasteiger partial charge in [-0.05, 0) is 73.7 Å². The maximum atomic E-state index is 10.4. The van der Waals surface area contributed by atoms with E-state index in [2.05, 4.69) is 65.8 Å². The van der Waals surface area contributed by atoms with Crippen LogP contribution < -0.4 is 0 Å². The number of fused-ring (bicyclic) bond motifs is 2. The lowest BCUT2D eigenvalue weighted by Crippen LogP contribution is -2.73. The summed E-state index contributed by atoms with van der Waals surface area (Å²) >= 11 is 0. The quantitative estimate of drug-likeness (QED) is 0.412. The van der Waals surface area contributed by atoms with Crippen molar-refractivity contribution in [3.8, 4) is 0 Å². The second kappa shape index (κ2) is 7.18. The zero-order chi connectivity index (χ0) is 22.2. The van der Waals surface area contributed by atoms with Crippen LogP contribution in [0.4, 0.5) is 0 Å². The number of hydrogen-bond acceptors (Lipinski definition) is 3. The zero-order valence-corrected chi connectivity index (χ0v) is 20.6. The molecule has 0 amide bonds. The van der Waals surface area contributed by atoms with E-state index in [4.69, 9.17) is 9.78 Å². The Morgan fingerprint density at radius 2 is 1.68 bits per heavy atom. The van der Waals surface area contributed by atoms with Crippen molar-refractivity contribution in [2.45, 2.75) is 104 Å². The van der Waals surface area contributed by atoms with Gasteiger partial charge in [-0.1, -0.05) is 59.8 Å². The lowest BCUT2D eigenvalue weighted by molar-refractivity contribution is -0.497. The van der Waals surface area contributed by atoms with E-state index in [0.29, 0.717) is 41.9 Å². The van der Waals surface area contributed by atoms with Crippen molar-refractivity contribution >= 4 is 0 Å². The Morgan fingerprint density at radius 3 is 2.35 bits per heavy atom. The molecule has 1 N–H and O–H groups in total. The van der Waals surface area contributed by atoms with E-state index in [-0.39, 0.29) is 22.5 Å². The zero-order valence-electron chi connectivity index (χ0n) is 20.6. The van der Waals surface area contributed by atoms with Crippen molar-refractivity contribution in [3.05, 3.63) is 24.3 Å². The van der Waals surface area contributed by atoms with Crippen molar-refractivity contribution in [1.82, 2.24) is 0 Å². The predicted molar refractivity (Wildman–Crippen MR) is 124 cm³/mol. The minimum Gasteiger partial charge on any atom is -0.393 e. The van der Waals surface area contributed by atoms with Gasteiger partial charge in [0.1, 0.15) is 11.2 Å². The molecule has 174 valence electrons. The molecule has 2 spiro atoms. The van der Waals surface area contributed by atoms with Crippen LogP contribution in [0.2, 0.25) is 0 Å². The lowest BCUT2D eigenvalue weighted by atomic mass is 9.43. The van der Waals surface area contributed by atoms with E-state index >= 15 is 0 Å². The first-order valence-electron chi connectivity index (χ1n) is 13.0. The van der Waals surface area contributed by atoms with E-state index in [1.807, 2.05) is 0 Å². The highest BCUT2D eigenvalue weighted by molar-refractivity contribution is 5.33. The highest BCUT2D eigenvalue weighted by atomic mass is 17.2. The third kappa shape index (κ3) is 2.88. The molecular weight excluding hydrogens is 384 g/mol. The standard InChI is InChI=1S/C28H44O3/c1-18(2)19(3)7-8-20(4)22-9-10-23-25(22,5)13-12-24-26(6)14-11-21(29)17-27(26)15-16-28(23,24)31-30-27/h7-8,15-16,18-24,29H,9-14,17H2,1-6H3/b8-7+/t19-,20+,21-,22+,23?,24?,25+,26+,27+,28-/m0/s1. The second-order valence-electron chi connectivity index (χ2n) is 12.7. The number of allylic oxidation sites excluding steroid dienone is 2. The SMILES string of the molecule is CC(C)[C@@H](C)/C=C/[C@@H](C)[C@H]1CCC2[C@@]34C=C[C@]5(C[C@@H](O)CC[C@]5(C)C3CC[C@@]21C)OO4. The molecule has 31 heavy (non-hydrogen) atoms. The van der Waals surface area contributed by atoms with E-state index in [9.17, 15) is 5.11 Å². The van der Waals surface area contributed by atoms with Crippen LogP contribution in [0.15, 0.2) is 24.3 Å². The van der Waals surface area contributed by atoms with Crippen LogP contribution in [-0.2, 0) is 9.78 Å². The van der Waals surface area contributed by atoms with Gasteiger partial charge < -0.3 is 5.11 Å². The lowest BCUT2D eigenvalue weighted by Gasteiger charge is -2.69. The molecule has 0 aromatic carbocycles. The van der Waals surface area contributed by atoms with Gasteiger partial charge in [0, 0.05) is 23.7 Å². The molecular formula is C28H44O3. The summed E-state index contributed by atoms with van der Waals surface area (Å²) in [6.45, 7) is 14.4. The van der Waals surface area contributed by atoms with Crippen molar-refractivity contribution < 1.29 is 14.9 Å². The predicted octanol–water partition coefficient (Wildman–Crippen LogP) is 6.47. The van der Waals surface area contributed by atoms with Gasteiger partial charge in [-0.2, -0.15) is 0 Å². The van der Waals surface area contributed by atoms with E-state index in [1.54, 1.807) is 0 Å². The number of hydrogen-bond donors (Lipinski definition) is 1. The number of aliphatic hydroxyl groups is 1. The van der Waals surface area contributed by atoms with Gasteiger partial charge in [-0.3, -0.25) is 0 Å². The fourth-order valence-corrected chi connectivity index (χ4v) is 8.71. The monoisotopic (exact) mass is 428 g/mol. The van der Waals surface area contributed by atoms with Crippen molar-refractivity contribution in [2.75, 3.05) is 0 Å². The maximum Gasteiger partial charge on any atom is 0.130 e. The Labute approximate surface area is 189 Å². The first-order valence-corrected chi connectivity index (χ1v) is 13.0. The van der Waals surface area contributed by atoms with Gasteiger partial charge in [0.2, 0.25) is 0 Å². The first kappa shape index (κ1) is 22.2. The average Bonchev–Trinajstić information content (AvgIpc) is 3.09. The Kier molecular flexibility index (Phi) is 5.13. The summed E-state index contributed by atoms with van der Waals surface area (Å²) in [4.78, 5) is 12.8. The normalized spacial score (nSPS) is 52.8. The van der Waals surface area contributed by atoms with Crippen LogP contribution in [-0.4, -0.2) is 22.4 Å². The van der Waals surface area contributed by atoms with Crippen LogP contribution in [0.3, 0.4) is 0 Å². The van der Waals surface area contributed by atoms with Gasteiger partial charge >= 0.3 is 0 Å². The first-order chi connectivity index (χ1) is 14.6. The highest BCUT2D eigenvalue weighted by Gasteiger charge is 2.74. The van der Waals surface area contributed by atoms with E-state index < -0.39 is 5.60 Å². The summed E-state index contributed by atoms with van der Waals surface area (Å²) in [5.41, 5.74) is -0.366. The van der Waals surface area contributed by atoms with Crippen molar-refractivity contribution in [1.29, 1.82) is 0 Å². The Morgan fingerprint density at radius 1 is 0.903 bits per heavy atom. The van der Waals surface area contributed by atoms with Gasteiger partial charge in [-0.15, -0.1) is 0 Å². The van der Waals surface area contributed by atoms with Gasteiger partial charge in [-0.25, -0.2) is 9.78 Å². The summed E-state index contributed by atoms with van der Waals surface area (Å²) in [5, 5.41) is 10.4. The van der Waals surface area contributed by atoms with Crippen LogP contribution in [0.25, 0.3) is 0 Å². The largest absolute Gasteiger partial charge is 0.393 e. The molecule has 0 aromatic rings. The molecule has 2 aliphatic heterocycles. The van der Waals surface area contributed by atoms with E-state index in [1.165, 1.54) is 25.7 Å². The number of aliphatic hydroxyl groups excluding tert-OH is 1. The topological polar surface area (TPSA) is 38.7 Å². The Balaban J connectivity index is 1.45. The highest BCUT2D eigenvalue weighted by Crippen LogP contribution is 2.72. The van der Waals surface area contributed by atoms with Crippen LogP contribution >= 0.6 is 0 Å².